The largest absolute Gasteiger partial charge is 0.340 e. The van der Waals surface area contributed by atoms with Crippen LogP contribution in [0.25, 0.3) is 0 Å². The summed E-state index contributed by atoms with van der Waals surface area (Å²) in [5.74, 6) is 0.205. The highest BCUT2D eigenvalue weighted by Gasteiger charge is 2.33. The molecule has 1 saturated carbocycles. The number of hydrogen-bond acceptors (Lipinski definition) is 5. The Bertz CT molecular complexity index is 795. The van der Waals surface area contributed by atoms with E-state index >= 15 is 0 Å². The Morgan fingerprint density at radius 3 is 2.26 bits per heavy atom. The SMILES string of the molecule is O=C(C1CCCCCC1)N1CCN(S(=O)(=O)c2cccc([N+](=O)[O-])c2)CC1. The van der Waals surface area contributed by atoms with Crippen LogP contribution in [0, 0.1) is 16.0 Å². The van der Waals surface area contributed by atoms with Gasteiger partial charge in [-0.3, -0.25) is 14.9 Å². The summed E-state index contributed by atoms with van der Waals surface area (Å²) in [7, 11) is -3.81. The van der Waals surface area contributed by atoms with Crippen LogP contribution in [-0.4, -0.2) is 54.6 Å². The molecule has 0 radical (unpaired) electrons. The zero-order chi connectivity index (χ0) is 19.4. The summed E-state index contributed by atoms with van der Waals surface area (Å²) in [5.41, 5.74) is -0.252. The maximum atomic E-state index is 12.8. The Labute approximate surface area is 159 Å². The molecule has 1 aliphatic heterocycles. The fraction of sp³-hybridized carbons (Fsp3) is 0.611. The molecule has 1 aromatic rings. The molecule has 27 heavy (non-hydrogen) atoms. The van der Waals surface area contributed by atoms with Crippen molar-refractivity contribution >= 4 is 21.6 Å². The number of sulfonamides is 1. The number of carbonyl (C=O) groups is 1. The first-order chi connectivity index (χ1) is 12.9. The van der Waals surface area contributed by atoms with Crippen LogP contribution in [0.3, 0.4) is 0 Å². The van der Waals surface area contributed by atoms with Gasteiger partial charge in [-0.1, -0.05) is 31.7 Å². The third-order valence-corrected chi connectivity index (χ3v) is 7.32. The molecule has 9 heteroatoms. The van der Waals surface area contributed by atoms with Crippen LogP contribution in [0.5, 0.6) is 0 Å². The van der Waals surface area contributed by atoms with Crippen LogP contribution in [-0.2, 0) is 14.8 Å². The number of nitrogens with zero attached hydrogens (tertiary/aromatic N) is 3. The van der Waals surface area contributed by atoms with Crippen LogP contribution >= 0.6 is 0 Å². The standard InChI is InChI=1S/C18H25N3O5S/c22-18(15-6-3-1-2-4-7-15)19-10-12-20(13-11-19)27(25,26)17-9-5-8-16(14-17)21(23)24/h5,8-9,14-15H,1-4,6-7,10-13H2. The van der Waals surface area contributed by atoms with Gasteiger partial charge in [0.1, 0.15) is 0 Å². The van der Waals surface area contributed by atoms with Gasteiger partial charge in [0.05, 0.1) is 9.82 Å². The van der Waals surface area contributed by atoms with E-state index in [1.165, 1.54) is 35.3 Å². The number of rotatable bonds is 4. The molecular weight excluding hydrogens is 370 g/mol. The van der Waals surface area contributed by atoms with Crippen LogP contribution in [0.4, 0.5) is 5.69 Å². The average Bonchev–Trinajstić information content (AvgIpc) is 2.97. The zero-order valence-corrected chi connectivity index (χ0v) is 16.1. The van der Waals surface area contributed by atoms with Crippen molar-refractivity contribution < 1.29 is 18.1 Å². The fourth-order valence-corrected chi connectivity index (χ4v) is 5.30. The van der Waals surface area contributed by atoms with E-state index < -0.39 is 14.9 Å². The van der Waals surface area contributed by atoms with Crippen LogP contribution in [0.2, 0.25) is 0 Å². The van der Waals surface area contributed by atoms with Crippen LogP contribution in [0.1, 0.15) is 38.5 Å². The van der Waals surface area contributed by atoms with Crippen molar-refractivity contribution in [3.63, 3.8) is 0 Å². The van der Waals surface area contributed by atoms with Gasteiger partial charge in [-0.2, -0.15) is 4.31 Å². The zero-order valence-electron chi connectivity index (χ0n) is 15.2. The van der Waals surface area contributed by atoms with Gasteiger partial charge in [-0.15, -0.1) is 0 Å². The van der Waals surface area contributed by atoms with Gasteiger partial charge in [0, 0.05) is 44.2 Å². The van der Waals surface area contributed by atoms with E-state index in [1.807, 2.05) is 0 Å². The molecule has 3 rings (SSSR count). The summed E-state index contributed by atoms with van der Waals surface area (Å²) < 4.78 is 26.9. The molecule has 1 heterocycles. The maximum absolute atomic E-state index is 12.8. The summed E-state index contributed by atoms with van der Waals surface area (Å²) in [6, 6.07) is 5.09. The van der Waals surface area contributed by atoms with Gasteiger partial charge in [-0.05, 0) is 18.9 Å². The van der Waals surface area contributed by atoms with E-state index in [9.17, 15) is 23.3 Å². The lowest BCUT2D eigenvalue weighted by molar-refractivity contribution is -0.385. The highest BCUT2D eigenvalue weighted by Crippen LogP contribution is 2.26. The fourth-order valence-electron chi connectivity index (χ4n) is 3.84. The first-order valence-electron chi connectivity index (χ1n) is 9.43. The number of amides is 1. The molecule has 0 bridgehead atoms. The molecule has 0 spiro atoms. The molecule has 1 aliphatic carbocycles. The van der Waals surface area contributed by atoms with Crippen molar-refractivity contribution in [1.29, 1.82) is 0 Å². The molecule has 1 amide bonds. The van der Waals surface area contributed by atoms with Crippen molar-refractivity contribution in [2.45, 2.75) is 43.4 Å². The topological polar surface area (TPSA) is 101 Å². The quantitative estimate of drug-likeness (QED) is 0.443. The third-order valence-electron chi connectivity index (χ3n) is 5.42. The molecular formula is C18H25N3O5S. The smallest absolute Gasteiger partial charge is 0.270 e. The summed E-state index contributed by atoms with van der Waals surface area (Å²) in [5, 5.41) is 10.9. The van der Waals surface area contributed by atoms with Gasteiger partial charge in [0.25, 0.3) is 5.69 Å². The van der Waals surface area contributed by atoms with Crippen molar-refractivity contribution in [2.75, 3.05) is 26.2 Å². The van der Waals surface area contributed by atoms with Crippen LogP contribution < -0.4 is 0 Å². The molecule has 1 saturated heterocycles. The normalized spacial score (nSPS) is 20.2. The lowest BCUT2D eigenvalue weighted by Crippen LogP contribution is -2.51. The highest BCUT2D eigenvalue weighted by atomic mass is 32.2. The van der Waals surface area contributed by atoms with Crippen molar-refractivity contribution in [3.8, 4) is 0 Å². The van der Waals surface area contributed by atoms with E-state index in [0.29, 0.717) is 13.1 Å². The van der Waals surface area contributed by atoms with Crippen molar-refractivity contribution in [2.24, 2.45) is 5.92 Å². The van der Waals surface area contributed by atoms with E-state index in [-0.39, 0.29) is 35.5 Å². The Kier molecular flexibility index (Phi) is 6.11. The second-order valence-electron chi connectivity index (χ2n) is 7.17. The van der Waals surface area contributed by atoms with Gasteiger partial charge in [0.15, 0.2) is 0 Å². The Hall–Kier alpha value is -2.00. The molecule has 0 atom stereocenters. The molecule has 148 valence electrons. The van der Waals surface area contributed by atoms with Gasteiger partial charge < -0.3 is 4.90 Å². The van der Waals surface area contributed by atoms with E-state index in [4.69, 9.17) is 0 Å². The Morgan fingerprint density at radius 2 is 1.67 bits per heavy atom. The van der Waals surface area contributed by atoms with E-state index in [1.54, 1.807) is 4.90 Å². The number of carbonyl (C=O) groups excluding carboxylic acids is 1. The molecule has 2 aliphatic rings. The summed E-state index contributed by atoms with van der Waals surface area (Å²) in [6.45, 7) is 1.15. The number of nitro groups is 1. The number of hydrogen-bond donors (Lipinski definition) is 0. The predicted molar refractivity (Wildman–Crippen MR) is 99.6 cm³/mol. The number of non-ortho nitro benzene ring substituents is 1. The van der Waals surface area contributed by atoms with Gasteiger partial charge >= 0.3 is 0 Å². The monoisotopic (exact) mass is 395 g/mol. The van der Waals surface area contributed by atoms with Crippen LogP contribution in [0.15, 0.2) is 29.2 Å². The molecule has 0 N–H and O–H groups in total. The summed E-state index contributed by atoms with van der Waals surface area (Å²) in [4.78, 5) is 24.7. The predicted octanol–water partition coefficient (Wildman–Crippen LogP) is 2.40. The summed E-state index contributed by atoms with van der Waals surface area (Å²) in [6.07, 6.45) is 6.36. The molecule has 0 unspecified atom stereocenters. The molecule has 1 aromatic carbocycles. The minimum atomic E-state index is -3.81. The maximum Gasteiger partial charge on any atom is 0.270 e. The third kappa shape index (κ3) is 4.47. The second-order valence-corrected chi connectivity index (χ2v) is 9.11. The summed E-state index contributed by atoms with van der Waals surface area (Å²) >= 11 is 0. The van der Waals surface area contributed by atoms with Crippen molar-refractivity contribution in [1.82, 2.24) is 9.21 Å². The van der Waals surface area contributed by atoms with Gasteiger partial charge in [0.2, 0.25) is 15.9 Å². The first kappa shape index (κ1) is 19.8. The first-order valence-corrected chi connectivity index (χ1v) is 10.9. The van der Waals surface area contributed by atoms with E-state index in [2.05, 4.69) is 0 Å². The lowest BCUT2D eigenvalue weighted by Gasteiger charge is -2.35. The Morgan fingerprint density at radius 1 is 1.04 bits per heavy atom. The van der Waals surface area contributed by atoms with Crippen molar-refractivity contribution in [3.05, 3.63) is 34.4 Å². The average molecular weight is 395 g/mol. The molecule has 8 nitrogen and oxygen atoms in total. The van der Waals surface area contributed by atoms with Gasteiger partial charge in [-0.25, -0.2) is 8.42 Å². The molecule has 0 aromatic heterocycles. The number of benzene rings is 1. The number of nitro benzene ring substituents is 1. The Balaban J connectivity index is 1.65. The minimum Gasteiger partial charge on any atom is -0.340 e. The minimum absolute atomic E-state index is 0.0624. The lowest BCUT2D eigenvalue weighted by atomic mass is 9.98. The molecule has 2 fully saturated rings. The number of piperazine rings is 1. The van der Waals surface area contributed by atoms with E-state index in [0.717, 1.165) is 31.7 Å². The second kappa shape index (κ2) is 8.35. The highest BCUT2D eigenvalue weighted by molar-refractivity contribution is 7.89.